The summed E-state index contributed by atoms with van der Waals surface area (Å²) in [6, 6.07) is 8.11. The normalized spacial score (nSPS) is 10.9. The fraction of sp³-hybridized carbons (Fsp3) is 0.333. The van der Waals surface area contributed by atoms with Crippen LogP contribution in [0.3, 0.4) is 0 Å². The summed E-state index contributed by atoms with van der Waals surface area (Å²) < 4.78 is 0. The van der Waals surface area contributed by atoms with Crippen LogP contribution < -0.4 is 5.73 Å². The Morgan fingerprint density at radius 1 is 1.06 bits per heavy atom. The molecule has 0 unspecified atom stereocenters. The number of hydrogen-bond acceptors (Lipinski definition) is 3. The zero-order chi connectivity index (χ0) is 13.3. The molecule has 3 heteroatoms. The number of nitrogens with two attached hydrogens (primary N) is 1. The molecular weight excluding hydrogens is 222 g/mol. The first kappa shape index (κ1) is 12.6. The molecule has 0 aliphatic rings. The molecule has 0 spiro atoms. The van der Waals surface area contributed by atoms with Crippen molar-refractivity contribution in [1.82, 2.24) is 9.97 Å². The van der Waals surface area contributed by atoms with Crippen LogP contribution in [0.5, 0.6) is 0 Å². The highest BCUT2D eigenvalue weighted by Gasteiger charge is 2.10. The average molecular weight is 241 g/mol. The number of hydrogen-bond donors (Lipinski definition) is 1. The molecule has 0 saturated carbocycles. The van der Waals surface area contributed by atoms with E-state index in [0.29, 0.717) is 11.7 Å². The van der Waals surface area contributed by atoms with Crippen LogP contribution in [-0.2, 0) is 0 Å². The lowest BCUT2D eigenvalue weighted by Gasteiger charge is -2.10. The Kier molecular flexibility index (Phi) is 3.32. The van der Waals surface area contributed by atoms with Gasteiger partial charge in [0, 0.05) is 17.3 Å². The number of rotatable bonds is 2. The number of nitrogens with zero attached hydrogens (tertiary/aromatic N) is 2. The standard InChI is InChI=1S/C15H19N3/c1-9(2)13-8-14(16)18-15(17-13)12-6-5-10(3)7-11(12)4/h5-9H,1-4H3,(H2,16,17,18). The molecule has 18 heavy (non-hydrogen) atoms. The van der Waals surface area contributed by atoms with Gasteiger partial charge in [-0.3, -0.25) is 0 Å². The average Bonchev–Trinajstić information content (AvgIpc) is 2.27. The van der Waals surface area contributed by atoms with Gasteiger partial charge in [0.25, 0.3) is 0 Å². The molecule has 0 atom stereocenters. The Labute approximate surface area is 108 Å². The van der Waals surface area contributed by atoms with E-state index in [4.69, 9.17) is 5.73 Å². The van der Waals surface area contributed by atoms with Crippen molar-refractivity contribution in [2.24, 2.45) is 0 Å². The lowest BCUT2D eigenvalue weighted by molar-refractivity contribution is 0.818. The molecular formula is C15H19N3. The largest absolute Gasteiger partial charge is 0.384 e. The van der Waals surface area contributed by atoms with E-state index in [1.807, 2.05) is 6.07 Å². The van der Waals surface area contributed by atoms with Gasteiger partial charge >= 0.3 is 0 Å². The lowest BCUT2D eigenvalue weighted by atomic mass is 10.0. The summed E-state index contributed by atoms with van der Waals surface area (Å²) in [7, 11) is 0. The van der Waals surface area contributed by atoms with E-state index in [0.717, 1.165) is 17.1 Å². The van der Waals surface area contributed by atoms with Crippen LogP contribution in [0.25, 0.3) is 11.4 Å². The molecule has 1 aromatic carbocycles. The summed E-state index contributed by atoms with van der Waals surface area (Å²) in [6.07, 6.45) is 0. The first-order valence-corrected chi connectivity index (χ1v) is 6.19. The van der Waals surface area contributed by atoms with Crippen molar-refractivity contribution < 1.29 is 0 Å². The van der Waals surface area contributed by atoms with Crippen LogP contribution in [0.15, 0.2) is 24.3 Å². The van der Waals surface area contributed by atoms with Gasteiger partial charge in [-0.05, 0) is 25.3 Å². The summed E-state index contributed by atoms with van der Waals surface area (Å²) in [5, 5.41) is 0. The molecule has 0 radical (unpaired) electrons. The number of benzene rings is 1. The van der Waals surface area contributed by atoms with E-state index < -0.39 is 0 Å². The van der Waals surface area contributed by atoms with Crippen molar-refractivity contribution in [3.63, 3.8) is 0 Å². The molecule has 0 fully saturated rings. The second-order valence-corrected chi connectivity index (χ2v) is 5.01. The highest BCUT2D eigenvalue weighted by molar-refractivity contribution is 5.62. The monoisotopic (exact) mass is 241 g/mol. The van der Waals surface area contributed by atoms with Gasteiger partial charge in [0.15, 0.2) is 5.82 Å². The van der Waals surface area contributed by atoms with Crippen LogP contribution in [0.4, 0.5) is 5.82 Å². The lowest BCUT2D eigenvalue weighted by Crippen LogP contribution is -2.02. The van der Waals surface area contributed by atoms with Crippen molar-refractivity contribution in [2.45, 2.75) is 33.6 Å². The third-order valence-corrected chi connectivity index (χ3v) is 2.98. The summed E-state index contributed by atoms with van der Waals surface area (Å²) in [5.74, 6) is 1.60. The van der Waals surface area contributed by atoms with Crippen LogP contribution in [0.2, 0.25) is 0 Å². The molecule has 2 aromatic rings. The maximum atomic E-state index is 5.86. The maximum Gasteiger partial charge on any atom is 0.162 e. The SMILES string of the molecule is Cc1ccc(-c2nc(N)cc(C(C)C)n2)c(C)c1. The Hall–Kier alpha value is -1.90. The first-order valence-electron chi connectivity index (χ1n) is 6.19. The van der Waals surface area contributed by atoms with Gasteiger partial charge in [0.2, 0.25) is 0 Å². The number of aromatic nitrogens is 2. The van der Waals surface area contributed by atoms with Gasteiger partial charge in [-0.1, -0.05) is 37.6 Å². The number of nitrogen functional groups attached to an aromatic ring is 1. The van der Waals surface area contributed by atoms with Gasteiger partial charge < -0.3 is 5.73 Å². The van der Waals surface area contributed by atoms with Gasteiger partial charge in [0.05, 0.1) is 0 Å². The topological polar surface area (TPSA) is 51.8 Å². The molecule has 0 aliphatic carbocycles. The maximum absolute atomic E-state index is 5.86. The molecule has 2 N–H and O–H groups in total. The Bertz CT molecular complexity index is 574. The predicted molar refractivity (Wildman–Crippen MR) is 75.4 cm³/mol. The molecule has 1 heterocycles. The minimum atomic E-state index is 0.347. The molecule has 94 valence electrons. The van der Waals surface area contributed by atoms with Crippen LogP contribution in [-0.4, -0.2) is 9.97 Å². The molecule has 3 nitrogen and oxygen atoms in total. The molecule has 0 amide bonds. The molecule has 2 rings (SSSR count). The van der Waals surface area contributed by atoms with Crippen LogP contribution >= 0.6 is 0 Å². The van der Waals surface area contributed by atoms with E-state index in [9.17, 15) is 0 Å². The van der Waals surface area contributed by atoms with Gasteiger partial charge in [0.1, 0.15) is 5.82 Å². The minimum Gasteiger partial charge on any atom is -0.384 e. The van der Waals surface area contributed by atoms with E-state index in [1.165, 1.54) is 11.1 Å². The molecule has 0 bridgehead atoms. The third kappa shape index (κ3) is 2.50. The van der Waals surface area contributed by atoms with E-state index in [-0.39, 0.29) is 0 Å². The summed E-state index contributed by atoms with van der Waals surface area (Å²) in [6.45, 7) is 8.36. The zero-order valence-electron chi connectivity index (χ0n) is 11.4. The second kappa shape index (κ2) is 4.77. The Balaban J connectivity index is 2.56. The van der Waals surface area contributed by atoms with E-state index in [2.05, 4.69) is 55.9 Å². The van der Waals surface area contributed by atoms with Crippen molar-refractivity contribution >= 4 is 5.82 Å². The highest BCUT2D eigenvalue weighted by Crippen LogP contribution is 2.24. The van der Waals surface area contributed by atoms with Crippen molar-refractivity contribution in [3.8, 4) is 11.4 Å². The Morgan fingerprint density at radius 2 is 1.78 bits per heavy atom. The van der Waals surface area contributed by atoms with Gasteiger partial charge in [-0.15, -0.1) is 0 Å². The molecule has 0 saturated heterocycles. The van der Waals surface area contributed by atoms with E-state index >= 15 is 0 Å². The second-order valence-electron chi connectivity index (χ2n) is 5.01. The minimum absolute atomic E-state index is 0.347. The first-order chi connectivity index (χ1) is 8.47. The summed E-state index contributed by atoms with van der Waals surface area (Å²) in [4.78, 5) is 8.95. The van der Waals surface area contributed by atoms with Crippen LogP contribution in [0.1, 0.15) is 36.6 Å². The summed E-state index contributed by atoms with van der Waals surface area (Å²) >= 11 is 0. The van der Waals surface area contributed by atoms with Crippen LogP contribution in [0, 0.1) is 13.8 Å². The highest BCUT2D eigenvalue weighted by atomic mass is 14.9. The fourth-order valence-corrected chi connectivity index (χ4v) is 1.97. The van der Waals surface area contributed by atoms with Crippen molar-refractivity contribution in [1.29, 1.82) is 0 Å². The number of aryl methyl sites for hydroxylation is 2. The molecule has 1 aromatic heterocycles. The van der Waals surface area contributed by atoms with Crippen molar-refractivity contribution in [2.75, 3.05) is 5.73 Å². The summed E-state index contributed by atoms with van der Waals surface area (Å²) in [5.41, 5.74) is 10.3. The fourth-order valence-electron chi connectivity index (χ4n) is 1.97. The smallest absolute Gasteiger partial charge is 0.162 e. The van der Waals surface area contributed by atoms with Gasteiger partial charge in [-0.2, -0.15) is 0 Å². The van der Waals surface area contributed by atoms with Gasteiger partial charge in [-0.25, -0.2) is 9.97 Å². The number of anilines is 1. The van der Waals surface area contributed by atoms with Crippen molar-refractivity contribution in [3.05, 3.63) is 41.1 Å². The zero-order valence-corrected chi connectivity index (χ0v) is 11.4. The Morgan fingerprint density at radius 3 is 2.39 bits per heavy atom. The third-order valence-electron chi connectivity index (χ3n) is 2.98. The molecule has 0 aliphatic heterocycles. The quantitative estimate of drug-likeness (QED) is 0.876. The van der Waals surface area contributed by atoms with E-state index in [1.54, 1.807) is 0 Å². The predicted octanol–water partition coefficient (Wildman–Crippen LogP) is 3.47.